The first-order valence-electron chi connectivity index (χ1n) is 6.67. The Morgan fingerprint density at radius 3 is 2.86 bits per heavy atom. The number of nitrogens with one attached hydrogen (secondary N) is 1. The number of amides is 1. The van der Waals surface area contributed by atoms with E-state index in [-0.39, 0.29) is 0 Å². The summed E-state index contributed by atoms with van der Waals surface area (Å²) in [7, 11) is 0. The Labute approximate surface area is 131 Å². The lowest BCUT2D eigenvalue weighted by Gasteiger charge is -2.06. The maximum atomic E-state index is 11.2. The SMILES string of the molecule is Cc1csc(-c2ccnc(Nc3cccc(C(N)=O)c3)n2)c1. The zero-order valence-corrected chi connectivity index (χ0v) is 12.7. The van der Waals surface area contributed by atoms with Crippen LogP contribution >= 0.6 is 11.3 Å². The van der Waals surface area contributed by atoms with E-state index in [1.165, 1.54) is 5.56 Å². The van der Waals surface area contributed by atoms with Gasteiger partial charge in [-0.05, 0) is 48.2 Å². The van der Waals surface area contributed by atoms with E-state index < -0.39 is 5.91 Å². The molecular formula is C16H14N4OS. The summed E-state index contributed by atoms with van der Waals surface area (Å²) in [4.78, 5) is 21.0. The molecule has 0 saturated carbocycles. The number of hydrogen-bond acceptors (Lipinski definition) is 5. The number of hydrogen-bond donors (Lipinski definition) is 2. The van der Waals surface area contributed by atoms with E-state index in [1.54, 1.807) is 35.7 Å². The highest BCUT2D eigenvalue weighted by atomic mass is 32.1. The number of carbonyl (C=O) groups is 1. The van der Waals surface area contributed by atoms with Crippen LogP contribution in [0.3, 0.4) is 0 Å². The summed E-state index contributed by atoms with van der Waals surface area (Å²) in [5.74, 6) is 0.0116. The Balaban J connectivity index is 1.87. The molecule has 3 aromatic rings. The fraction of sp³-hybridized carbons (Fsp3) is 0.0625. The van der Waals surface area contributed by atoms with Crippen LogP contribution in [0.25, 0.3) is 10.6 Å². The molecule has 2 aromatic heterocycles. The molecule has 110 valence electrons. The number of rotatable bonds is 4. The van der Waals surface area contributed by atoms with Gasteiger partial charge in [-0.2, -0.15) is 0 Å². The maximum absolute atomic E-state index is 11.2. The van der Waals surface area contributed by atoms with Gasteiger partial charge in [-0.25, -0.2) is 9.97 Å². The number of nitrogens with zero attached hydrogens (tertiary/aromatic N) is 2. The van der Waals surface area contributed by atoms with Crippen molar-refractivity contribution < 1.29 is 4.79 Å². The van der Waals surface area contributed by atoms with Crippen LogP contribution in [-0.2, 0) is 0 Å². The minimum absolute atomic E-state index is 0.440. The minimum atomic E-state index is -0.465. The Bertz CT molecular complexity index is 828. The van der Waals surface area contributed by atoms with Crippen LogP contribution in [0.4, 0.5) is 11.6 Å². The zero-order chi connectivity index (χ0) is 15.5. The second-order valence-corrected chi connectivity index (χ2v) is 5.74. The molecule has 0 aliphatic rings. The molecule has 1 amide bonds. The lowest BCUT2D eigenvalue weighted by atomic mass is 10.2. The summed E-state index contributed by atoms with van der Waals surface area (Å²) in [6, 6.07) is 10.9. The van der Waals surface area contributed by atoms with E-state index in [9.17, 15) is 4.79 Å². The molecule has 3 N–H and O–H groups in total. The lowest BCUT2D eigenvalue weighted by Crippen LogP contribution is -2.11. The number of aromatic nitrogens is 2. The van der Waals surface area contributed by atoms with E-state index in [0.29, 0.717) is 11.5 Å². The normalized spacial score (nSPS) is 10.4. The predicted molar refractivity (Wildman–Crippen MR) is 88.3 cm³/mol. The van der Waals surface area contributed by atoms with Gasteiger partial charge in [0.1, 0.15) is 0 Å². The minimum Gasteiger partial charge on any atom is -0.366 e. The fourth-order valence-electron chi connectivity index (χ4n) is 2.00. The van der Waals surface area contributed by atoms with Crippen molar-refractivity contribution in [3.05, 3.63) is 59.1 Å². The third-order valence-electron chi connectivity index (χ3n) is 3.04. The second kappa shape index (κ2) is 5.95. The number of aryl methyl sites for hydroxylation is 1. The van der Waals surface area contributed by atoms with Gasteiger partial charge in [-0.1, -0.05) is 6.07 Å². The van der Waals surface area contributed by atoms with E-state index in [4.69, 9.17) is 5.73 Å². The summed E-state index contributed by atoms with van der Waals surface area (Å²) < 4.78 is 0. The number of thiophene rings is 1. The van der Waals surface area contributed by atoms with Crippen LogP contribution in [0.1, 0.15) is 15.9 Å². The average Bonchev–Trinajstić information content (AvgIpc) is 2.94. The van der Waals surface area contributed by atoms with E-state index >= 15 is 0 Å². The molecular weight excluding hydrogens is 296 g/mol. The standard InChI is InChI=1S/C16H14N4OS/c1-10-7-14(22-9-10)13-5-6-18-16(20-13)19-12-4-2-3-11(8-12)15(17)21/h2-9H,1H3,(H2,17,21)(H,18,19,20). The molecule has 22 heavy (non-hydrogen) atoms. The molecule has 0 bridgehead atoms. The van der Waals surface area contributed by atoms with E-state index in [1.807, 2.05) is 12.1 Å². The summed E-state index contributed by atoms with van der Waals surface area (Å²) in [6.45, 7) is 2.05. The molecule has 2 heterocycles. The van der Waals surface area contributed by atoms with Crippen LogP contribution in [0.2, 0.25) is 0 Å². The Hall–Kier alpha value is -2.73. The number of primary amides is 1. The van der Waals surface area contributed by atoms with Gasteiger partial charge in [0.2, 0.25) is 11.9 Å². The summed E-state index contributed by atoms with van der Waals surface area (Å²) in [6.07, 6.45) is 1.71. The zero-order valence-electron chi connectivity index (χ0n) is 11.9. The fourth-order valence-corrected chi connectivity index (χ4v) is 2.87. The van der Waals surface area contributed by atoms with Crippen LogP contribution in [0.5, 0.6) is 0 Å². The van der Waals surface area contributed by atoms with Crippen molar-refractivity contribution >= 4 is 28.9 Å². The van der Waals surface area contributed by atoms with Crippen LogP contribution in [-0.4, -0.2) is 15.9 Å². The molecule has 0 unspecified atom stereocenters. The molecule has 0 aliphatic carbocycles. The number of anilines is 2. The monoisotopic (exact) mass is 310 g/mol. The van der Waals surface area contributed by atoms with Crippen LogP contribution in [0, 0.1) is 6.92 Å². The molecule has 3 rings (SSSR count). The first-order valence-corrected chi connectivity index (χ1v) is 7.55. The van der Waals surface area contributed by atoms with Crippen molar-refractivity contribution in [2.45, 2.75) is 6.92 Å². The summed E-state index contributed by atoms with van der Waals surface area (Å²) >= 11 is 1.64. The van der Waals surface area contributed by atoms with Gasteiger partial charge in [0.15, 0.2) is 0 Å². The van der Waals surface area contributed by atoms with Crippen molar-refractivity contribution in [2.75, 3.05) is 5.32 Å². The quantitative estimate of drug-likeness (QED) is 0.774. The van der Waals surface area contributed by atoms with Crippen molar-refractivity contribution in [3.8, 4) is 10.6 Å². The van der Waals surface area contributed by atoms with Gasteiger partial charge in [-0.3, -0.25) is 4.79 Å². The Morgan fingerprint density at radius 1 is 1.27 bits per heavy atom. The molecule has 0 fully saturated rings. The second-order valence-electron chi connectivity index (χ2n) is 4.82. The molecule has 0 spiro atoms. The van der Waals surface area contributed by atoms with Gasteiger partial charge in [0, 0.05) is 17.4 Å². The summed E-state index contributed by atoms with van der Waals surface area (Å²) in [5, 5.41) is 5.17. The molecule has 6 heteroatoms. The largest absolute Gasteiger partial charge is 0.366 e. The lowest BCUT2D eigenvalue weighted by molar-refractivity contribution is 0.100. The molecule has 0 atom stereocenters. The Kier molecular flexibility index (Phi) is 3.84. The maximum Gasteiger partial charge on any atom is 0.248 e. The van der Waals surface area contributed by atoms with E-state index in [2.05, 4.69) is 33.7 Å². The highest BCUT2D eigenvalue weighted by Crippen LogP contribution is 2.26. The highest BCUT2D eigenvalue weighted by molar-refractivity contribution is 7.13. The summed E-state index contributed by atoms with van der Waals surface area (Å²) in [5.41, 5.74) is 8.51. The van der Waals surface area contributed by atoms with Crippen LogP contribution < -0.4 is 11.1 Å². The molecule has 0 saturated heterocycles. The van der Waals surface area contributed by atoms with Gasteiger partial charge in [0.25, 0.3) is 0 Å². The molecule has 1 aromatic carbocycles. The molecule has 5 nitrogen and oxygen atoms in total. The van der Waals surface area contributed by atoms with Crippen molar-refractivity contribution in [1.82, 2.24) is 9.97 Å². The van der Waals surface area contributed by atoms with Crippen molar-refractivity contribution in [3.63, 3.8) is 0 Å². The molecule has 0 radical (unpaired) electrons. The van der Waals surface area contributed by atoms with Crippen molar-refractivity contribution in [2.24, 2.45) is 5.73 Å². The first-order chi connectivity index (χ1) is 10.6. The van der Waals surface area contributed by atoms with Crippen LogP contribution in [0.15, 0.2) is 48.0 Å². The topological polar surface area (TPSA) is 80.9 Å². The van der Waals surface area contributed by atoms with E-state index in [0.717, 1.165) is 16.3 Å². The first kappa shape index (κ1) is 14.2. The van der Waals surface area contributed by atoms with Gasteiger partial charge >= 0.3 is 0 Å². The third-order valence-corrected chi connectivity index (χ3v) is 4.11. The smallest absolute Gasteiger partial charge is 0.248 e. The van der Waals surface area contributed by atoms with Gasteiger partial charge < -0.3 is 11.1 Å². The average molecular weight is 310 g/mol. The van der Waals surface area contributed by atoms with Gasteiger partial charge in [0.05, 0.1) is 10.6 Å². The number of nitrogens with two attached hydrogens (primary N) is 1. The third kappa shape index (κ3) is 3.12. The molecule has 0 aliphatic heterocycles. The number of carbonyl (C=O) groups excluding carboxylic acids is 1. The van der Waals surface area contributed by atoms with Gasteiger partial charge in [-0.15, -0.1) is 11.3 Å². The van der Waals surface area contributed by atoms with Crippen molar-refractivity contribution in [1.29, 1.82) is 0 Å². The Morgan fingerprint density at radius 2 is 2.14 bits per heavy atom. The highest BCUT2D eigenvalue weighted by Gasteiger charge is 2.06. The predicted octanol–water partition coefficient (Wildman–Crippen LogP) is 3.36. The number of benzene rings is 1.